The summed E-state index contributed by atoms with van der Waals surface area (Å²) in [5, 5.41) is 8.67. The van der Waals surface area contributed by atoms with Gasteiger partial charge in [-0.15, -0.1) is 0 Å². The molecular formula is C25H44O4. The van der Waals surface area contributed by atoms with Crippen molar-refractivity contribution in [2.24, 2.45) is 0 Å². The van der Waals surface area contributed by atoms with Crippen molar-refractivity contribution >= 4 is 11.9 Å². The van der Waals surface area contributed by atoms with Crippen LogP contribution in [-0.2, 0) is 14.3 Å². The molecule has 0 amide bonds. The van der Waals surface area contributed by atoms with Gasteiger partial charge in [-0.3, -0.25) is 9.59 Å². The van der Waals surface area contributed by atoms with Gasteiger partial charge in [0.2, 0.25) is 0 Å². The summed E-state index contributed by atoms with van der Waals surface area (Å²) < 4.78 is 5.45. The number of aliphatic carboxylic acids is 1. The quantitative estimate of drug-likeness (QED) is 0.130. The number of ether oxygens (including phenoxy) is 1. The molecule has 0 fully saturated rings. The van der Waals surface area contributed by atoms with Crippen LogP contribution in [-0.4, -0.2) is 23.1 Å². The van der Waals surface area contributed by atoms with Gasteiger partial charge in [-0.2, -0.15) is 0 Å². The van der Waals surface area contributed by atoms with Gasteiger partial charge >= 0.3 is 11.9 Å². The lowest BCUT2D eigenvalue weighted by atomic mass is 10.1. The van der Waals surface area contributed by atoms with Gasteiger partial charge in [-0.25, -0.2) is 0 Å². The van der Waals surface area contributed by atoms with Crippen LogP contribution in [0.1, 0.15) is 117 Å². The van der Waals surface area contributed by atoms with Gasteiger partial charge in [0.25, 0.3) is 0 Å². The Morgan fingerprint density at radius 3 is 2.03 bits per heavy atom. The number of esters is 1. The molecule has 0 aromatic rings. The van der Waals surface area contributed by atoms with Crippen molar-refractivity contribution in [2.75, 3.05) is 0 Å². The standard InChI is InChI=1S/C25H44O4/c1-3-5-6-7-8-9-10-11-12-13-14-15-16-17-18-22-25(28)29-23(4-2)20-19-21-24(26)27/h8-9,11-12,23H,3-7,10,13-22H2,1-2H3,(H,26,27)/b9-8-,12-11-. The molecule has 1 unspecified atom stereocenters. The molecule has 1 atom stereocenters. The molecule has 0 saturated heterocycles. The van der Waals surface area contributed by atoms with Crippen LogP contribution in [0.2, 0.25) is 0 Å². The van der Waals surface area contributed by atoms with E-state index >= 15 is 0 Å². The second-order valence-electron chi connectivity index (χ2n) is 7.79. The summed E-state index contributed by atoms with van der Waals surface area (Å²) in [5.41, 5.74) is 0. The molecule has 0 saturated carbocycles. The van der Waals surface area contributed by atoms with Crippen molar-refractivity contribution in [3.05, 3.63) is 24.3 Å². The maximum atomic E-state index is 11.9. The van der Waals surface area contributed by atoms with Crippen LogP contribution >= 0.6 is 0 Å². The number of carbonyl (C=O) groups is 2. The monoisotopic (exact) mass is 408 g/mol. The summed E-state index contributed by atoms with van der Waals surface area (Å²) in [7, 11) is 0. The first-order valence-electron chi connectivity index (χ1n) is 11.8. The third-order valence-electron chi connectivity index (χ3n) is 5.00. The highest BCUT2D eigenvalue weighted by molar-refractivity contribution is 5.69. The first-order valence-corrected chi connectivity index (χ1v) is 11.8. The average Bonchev–Trinajstić information content (AvgIpc) is 2.69. The normalized spacial score (nSPS) is 12.6. The van der Waals surface area contributed by atoms with E-state index in [0.29, 0.717) is 19.3 Å². The van der Waals surface area contributed by atoms with Crippen molar-refractivity contribution in [1.82, 2.24) is 0 Å². The highest BCUT2D eigenvalue weighted by Gasteiger charge is 2.12. The van der Waals surface area contributed by atoms with Crippen LogP contribution in [0.25, 0.3) is 0 Å². The summed E-state index contributed by atoms with van der Waals surface area (Å²) in [6, 6.07) is 0. The number of allylic oxidation sites excluding steroid dienone is 4. The Morgan fingerprint density at radius 2 is 1.41 bits per heavy atom. The molecule has 0 heterocycles. The molecule has 1 N–H and O–H groups in total. The number of rotatable bonds is 20. The number of unbranched alkanes of at least 4 members (excludes halogenated alkanes) is 8. The van der Waals surface area contributed by atoms with E-state index in [0.717, 1.165) is 38.5 Å². The summed E-state index contributed by atoms with van der Waals surface area (Å²) in [6.07, 6.45) is 24.3. The van der Waals surface area contributed by atoms with E-state index in [2.05, 4.69) is 31.2 Å². The zero-order valence-corrected chi connectivity index (χ0v) is 18.9. The zero-order valence-electron chi connectivity index (χ0n) is 18.9. The van der Waals surface area contributed by atoms with E-state index < -0.39 is 5.97 Å². The lowest BCUT2D eigenvalue weighted by Gasteiger charge is -2.15. The van der Waals surface area contributed by atoms with E-state index in [4.69, 9.17) is 9.84 Å². The van der Waals surface area contributed by atoms with Crippen LogP contribution in [0, 0.1) is 0 Å². The fourth-order valence-electron chi connectivity index (χ4n) is 3.15. The molecule has 29 heavy (non-hydrogen) atoms. The third kappa shape index (κ3) is 21.0. The number of carboxylic acids is 1. The molecule has 0 radical (unpaired) electrons. The van der Waals surface area contributed by atoms with Crippen molar-refractivity contribution in [3.8, 4) is 0 Å². The van der Waals surface area contributed by atoms with Crippen molar-refractivity contribution in [1.29, 1.82) is 0 Å². The first kappa shape index (κ1) is 27.4. The SMILES string of the molecule is CCCCC/C=C\C/C=C\CCCCCCCC(=O)OC(CC)CCCC(=O)O. The Bertz CT molecular complexity index is 454. The second kappa shape index (κ2) is 21.1. The number of hydrogen-bond donors (Lipinski definition) is 1. The van der Waals surface area contributed by atoms with Crippen LogP contribution in [0.3, 0.4) is 0 Å². The number of carbonyl (C=O) groups excluding carboxylic acids is 1. The van der Waals surface area contributed by atoms with Crippen LogP contribution in [0.4, 0.5) is 0 Å². The van der Waals surface area contributed by atoms with Crippen LogP contribution in [0.15, 0.2) is 24.3 Å². The van der Waals surface area contributed by atoms with Crippen molar-refractivity contribution in [3.63, 3.8) is 0 Å². The van der Waals surface area contributed by atoms with Gasteiger partial charge in [0.15, 0.2) is 0 Å². The summed E-state index contributed by atoms with van der Waals surface area (Å²) in [4.78, 5) is 22.4. The smallest absolute Gasteiger partial charge is 0.306 e. The Labute approximate surface area is 178 Å². The molecular weight excluding hydrogens is 364 g/mol. The van der Waals surface area contributed by atoms with Crippen LogP contribution < -0.4 is 0 Å². The van der Waals surface area contributed by atoms with E-state index in [1.54, 1.807) is 0 Å². The minimum Gasteiger partial charge on any atom is -0.481 e. The summed E-state index contributed by atoms with van der Waals surface area (Å²) in [5.74, 6) is -0.936. The van der Waals surface area contributed by atoms with E-state index in [-0.39, 0.29) is 18.5 Å². The molecule has 0 aromatic heterocycles. The molecule has 0 spiro atoms. The largest absolute Gasteiger partial charge is 0.481 e. The van der Waals surface area contributed by atoms with Gasteiger partial charge < -0.3 is 9.84 Å². The van der Waals surface area contributed by atoms with Gasteiger partial charge in [0.1, 0.15) is 6.10 Å². The second-order valence-corrected chi connectivity index (χ2v) is 7.79. The van der Waals surface area contributed by atoms with E-state index in [9.17, 15) is 9.59 Å². The minimum atomic E-state index is -0.795. The molecule has 168 valence electrons. The number of carboxylic acid groups (broad SMARTS) is 1. The molecule has 0 aliphatic rings. The topological polar surface area (TPSA) is 63.6 Å². The Kier molecular flexibility index (Phi) is 20.0. The Hall–Kier alpha value is -1.58. The summed E-state index contributed by atoms with van der Waals surface area (Å²) >= 11 is 0. The molecule has 0 aliphatic carbocycles. The minimum absolute atomic E-state index is 0.138. The number of hydrogen-bond acceptors (Lipinski definition) is 3. The Morgan fingerprint density at radius 1 is 0.793 bits per heavy atom. The van der Waals surface area contributed by atoms with Crippen molar-refractivity contribution in [2.45, 2.75) is 123 Å². The highest BCUT2D eigenvalue weighted by atomic mass is 16.5. The van der Waals surface area contributed by atoms with Gasteiger partial charge in [-0.1, -0.05) is 70.3 Å². The molecule has 0 aliphatic heterocycles. The molecule has 0 bridgehead atoms. The maximum Gasteiger partial charge on any atom is 0.306 e. The summed E-state index contributed by atoms with van der Waals surface area (Å²) in [6.45, 7) is 4.20. The van der Waals surface area contributed by atoms with Crippen molar-refractivity contribution < 1.29 is 19.4 Å². The zero-order chi connectivity index (χ0) is 21.6. The van der Waals surface area contributed by atoms with Gasteiger partial charge in [0.05, 0.1) is 0 Å². The molecule has 0 aromatic carbocycles. The third-order valence-corrected chi connectivity index (χ3v) is 5.00. The average molecular weight is 409 g/mol. The molecule has 4 nitrogen and oxygen atoms in total. The maximum absolute atomic E-state index is 11.9. The lowest BCUT2D eigenvalue weighted by molar-refractivity contribution is -0.149. The van der Waals surface area contributed by atoms with Gasteiger partial charge in [-0.05, 0) is 57.8 Å². The fourth-order valence-corrected chi connectivity index (χ4v) is 3.15. The van der Waals surface area contributed by atoms with Gasteiger partial charge in [0, 0.05) is 12.8 Å². The molecule has 4 heteroatoms. The lowest BCUT2D eigenvalue weighted by Crippen LogP contribution is -2.17. The van der Waals surface area contributed by atoms with E-state index in [1.807, 2.05) is 6.92 Å². The molecule has 0 rings (SSSR count). The van der Waals surface area contributed by atoms with Crippen LogP contribution in [0.5, 0.6) is 0 Å². The predicted molar refractivity (Wildman–Crippen MR) is 121 cm³/mol. The fraction of sp³-hybridized carbons (Fsp3) is 0.760. The van der Waals surface area contributed by atoms with E-state index in [1.165, 1.54) is 38.5 Å². The first-order chi connectivity index (χ1) is 14.1. The highest BCUT2D eigenvalue weighted by Crippen LogP contribution is 2.13. The predicted octanol–water partition coefficient (Wildman–Crippen LogP) is 7.38. The Balaban J connectivity index is 3.51.